The first-order chi connectivity index (χ1) is 14.3. The van der Waals surface area contributed by atoms with Gasteiger partial charge in [0.1, 0.15) is 17.1 Å². The standard InChI is InChI=1S/C21H12ClIN2O5/c22-17-7-1-11(9-15(17)21(28)29)18-8-6-14(30-18)10-16-19(26)24-25(20(16)27)13-4-2-12(23)3-5-13/h1-10H,(H,24,26)(H,28,29)/p-1. The van der Waals surface area contributed by atoms with Gasteiger partial charge in [-0.3, -0.25) is 15.0 Å². The summed E-state index contributed by atoms with van der Waals surface area (Å²) in [6, 6.07) is 14.6. The SMILES string of the molecule is O=C1NN(c2ccc(I)cc2)C(=O)C1=Cc1ccc(-c2ccc(Cl)c(C(=O)[O-])c2)o1. The first kappa shape index (κ1) is 20.2. The third kappa shape index (κ3) is 3.83. The van der Waals surface area contributed by atoms with Crippen LogP contribution in [-0.4, -0.2) is 17.8 Å². The second-order valence-electron chi connectivity index (χ2n) is 6.30. The summed E-state index contributed by atoms with van der Waals surface area (Å²) in [6.45, 7) is 0. The molecule has 0 unspecified atom stereocenters. The molecule has 2 aromatic carbocycles. The van der Waals surface area contributed by atoms with E-state index in [4.69, 9.17) is 16.0 Å². The molecule has 3 aromatic rings. The predicted octanol–water partition coefficient (Wildman–Crippen LogP) is 3.03. The maximum Gasteiger partial charge on any atom is 0.282 e. The minimum Gasteiger partial charge on any atom is -0.545 e. The van der Waals surface area contributed by atoms with E-state index in [2.05, 4.69) is 28.0 Å². The second-order valence-corrected chi connectivity index (χ2v) is 7.95. The summed E-state index contributed by atoms with van der Waals surface area (Å²) >= 11 is 8.00. The van der Waals surface area contributed by atoms with Gasteiger partial charge in [0.05, 0.1) is 11.7 Å². The summed E-state index contributed by atoms with van der Waals surface area (Å²) < 4.78 is 6.67. The third-order valence-electron chi connectivity index (χ3n) is 4.36. The summed E-state index contributed by atoms with van der Waals surface area (Å²) in [5, 5.41) is 12.4. The van der Waals surface area contributed by atoms with E-state index in [0.29, 0.717) is 17.0 Å². The fourth-order valence-electron chi connectivity index (χ4n) is 2.89. The second kappa shape index (κ2) is 7.96. The predicted molar refractivity (Wildman–Crippen MR) is 116 cm³/mol. The molecule has 1 N–H and O–H groups in total. The van der Waals surface area contributed by atoms with Crippen LogP contribution < -0.4 is 15.5 Å². The number of nitrogens with one attached hydrogen (secondary N) is 1. The molecule has 0 spiro atoms. The number of anilines is 1. The molecular formula is C21H11ClIN2O5-. The molecular weight excluding hydrogens is 523 g/mol. The Bertz CT molecular complexity index is 1220. The smallest absolute Gasteiger partial charge is 0.282 e. The summed E-state index contributed by atoms with van der Waals surface area (Å²) in [7, 11) is 0. The van der Waals surface area contributed by atoms with Crippen LogP contribution in [0.1, 0.15) is 16.1 Å². The summed E-state index contributed by atoms with van der Waals surface area (Å²) in [5.41, 5.74) is 3.27. The lowest BCUT2D eigenvalue weighted by Gasteiger charge is -2.14. The Morgan fingerprint density at radius 2 is 1.83 bits per heavy atom. The lowest BCUT2D eigenvalue weighted by Crippen LogP contribution is -2.35. The highest BCUT2D eigenvalue weighted by Gasteiger charge is 2.34. The number of rotatable bonds is 4. The average molecular weight is 534 g/mol. The molecule has 7 nitrogen and oxygen atoms in total. The van der Waals surface area contributed by atoms with Gasteiger partial charge >= 0.3 is 0 Å². The van der Waals surface area contributed by atoms with E-state index in [1.165, 1.54) is 23.2 Å². The lowest BCUT2D eigenvalue weighted by molar-refractivity contribution is -0.255. The van der Waals surface area contributed by atoms with Crippen LogP contribution in [0.4, 0.5) is 5.69 Å². The topological polar surface area (TPSA) is 103 Å². The van der Waals surface area contributed by atoms with Gasteiger partial charge in [-0.25, -0.2) is 5.01 Å². The lowest BCUT2D eigenvalue weighted by atomic mass is 10.1. The molecule has 1 aromatic heterocycles. The van der Waals surface area contributed by atoms with E-state index >= 15 is 0 Å². The van der Waals surface area contributed by atoms with E-state index in [9.17, 15) is 19.5 Å². The van der Waals surface area contributed by atoms with Gasteiger partial charge in [-0.05, 0) is 83.3 Å². The number of hydrazine groups is 1. The van der Waals surface area contributed by atoms with Crippen LogP contribution in [0.3, 0.4) is 0 Å². The number of amides is 2. The van der Waals surface area contributed by atoms with Crippen molar-refractivity contribution in [3.05, 3.63) is 80.1 Å². The molecule has 1 aliphatic heterocycles. The maximum atomic E-state index is 12.7. The van der Waals surface area contributed by atoms with Crippen LogP contribution in [-0.2, 0) is 9.59 Å². The highest BCUT2D eigenvalue weighted by atomic mass is 127. The van der Waals surface area contributed by atoms with Gasteiger partial charge in [-0.2, -0.15) is 0 Å². The third-order valence-corrected chi connectivity index (χ3v) is 5.41. The zero-order chi connectivity index (χ0) is 21.4. The molecule has 30 heavy (non-hydrogen) atoms. The van der Waals surface area contributed by atoms with E-state index in [0.717, 1.165) is 3.57 Å². The summed E-state index contributed by atoms with van der Waals surface area (Å²) in [4.78, 5) is 36.1. The van der Waals surface area contributed by atoms with Gasteiger partial charge in [0, 0.05) is 19.7 Å². The Balaban J connectivity index is 1.62. The largest absolute Gasteiger partial charge is 0.545 e. The van der Waals surface area contributed by atoms with Crippen molar-refractivity contribution in [2.75, 3.05) is 5.01 Å². The number of nitrogens with zero attached hydrogens (tertiary/aromatic N) is 1. The summed E-state index contributed by atoms with van der Waals surface area (Å²) in [6.07, 6.45) is 1.34. The number of carboxylic acids is 1. The van der Waals surface area contributed by atoms with Gasteiger partial charge in [-0.1, -0.05) is 11.6 Å². The minimum absolute atomic E-state index is 0.0524. The van der Waals surface area contributed by atoms with Crippen molar-refractivity contribution < 1.29 is 23.9 Å². The Labute approximate surface area is 189 Å². The van der Waals surface area contributed by atoms with E-state index in [1.807, 2.05) is 12.1 Å². The Kier molecular flexibility index (Phi) is 5.35. The minimum atomic E-state index is -1.40. The van der Waals surface area contributed by atoms with Crippen molar-refractivity contribution in [2.24, 2.45) is 0 Å². The molecule has 1 fully saturated rings. The molecule has 0 saturated carbocycles. The Morgan fingerprint density at radius 1 is 1.10 bits per heavy atom. The van der Waals surface area contributed by atoms with Crippen molar-refractivity contribution >= 4 is 63.7 Å². The average Bonchev–Trinajstić information content (AvgIpc) is 3.29. The number of benzene rings is 2. The van der Waals surface area contributed by atoms with E-state index < -0.39 is 17.8 Å². The zero-order valence-electron chi connectivity index (χ0n) is 15.0. The fraction of sp³-hybridized carbons (Fsp3) is 0. The van der Waals surface area contributed by atoms with Crippen molar-refractivity contribution in [2.45, 2.75) is 0 Å². The van der Waals surface area contributed by atoms with E-state index in [-0.39, 0.29) is 21.9 Å². The highest BCUT2D eigenvalue weighted by molar-refractivity contribution is 14.1. The van der Waals surface area contributed by atoms with Gasteiger partial charge in [0.2, 0.25) is 0 Å². The quantitative estimate of drug-likeness (QED) is 0.316. The number of carbonyl (C=O) groups is 3. The van der Waals surface area contributed by atoms with Crippen LogP contribution >= 0.6 is 34.2 Å². The summed E-state index contributed by atoms with van der Waals surface area (Å²) in [5.74, 6) is -1.86. The highest BCUT2D eigenvalue weighted by Crippen LogP contribution is 2.28. The van der Waals surface area contributed by atoms with Crippen LogP contribution in [0.2, 0.25) is 5.02 Å². The molecule has 4 rings (SSSR count). The van der Waals surface area contributed by atoms with Crippen molar-refractivity contribution in [3.63, 3.8) is 0 Å². The molecule has 150 valence electrons. The normalized spacial score (nSPS) is 15.0. The number of furan rings is 1. The van der Waals surface area contributed by atoms with Crippen molar-refractivity contribution in [1.82, 2.24) is 5.43 Å². The number of carbonyl (C=O) groups excluding carboxylic acids is 3. The Morgan fingerprint density at radius 3 is 2.53 bits per heavy atom. The van der Waals surface area contributed by atoms with Crippen LogP contribution in [0.25, 0.3) is 17.4 Å². The van der Waals surface area contributed by atoms with Gasteiger partial charge < -0.3 is 14.3 Å². The van der Waals surface area contributed by atoms with Crippen molar-refractivity contribution in [1.29, 1.82) is 0 Å². The van der Waals surface area contributed by atoms with Crippen LogP contribution in [0, 0.1) is 3.57 Å². The van der Waals surface area contributed by atoms with Gasteiger partial charge in [0.15, 0.2) is 0 Å². The first-order valence-corrected chi connectivity index (χ1v) is 10.0. The number of hydrogen-bond acceptors (Lipinski definition) is 5. The monoisotopic (exact) mass is 533 g/mol. The maximum absolute atomic E-state index is 12.7. The molecule has 0 atom stereocenters. The van der Waals surface area contributed by atoms with Crippen molar-refractivity contribution in [3.8, 4) is 11.3 Å². The molecule has 2 heterocycles. The van der Waals surface area contributed by atoms with Crippen LogP contribution in [0.15, 0.2) is 64.6 Å². The molecule has 0 bridgehead atoms. The van der Waals surface area contributed by atoms with Crippen LogP contribution in [0.5, 0.6) is 0 Å². The number of halogens is 2. The van der Waals surface area contributed by atoms with Gasteiger partial charge in [0.25, 0.3) is 11.8 Å². The van der Waals surface area contributed by atoms with Gasteiger partial charge in [-0.15, -0.1) is 0 Å². The molecule has 0 aliphatic carbocycles. The fourth-order valence-corrected chi connectivity index (χ4v) is 3.45. The molecule has 1 aliphatic rings. The molecule has 1 saturated heterocycles. The zero-order valence-corrected chi connectivity index (χ0v) is 17.9. The Hall–Kier alpha value is -3.11. The number of hydrogen-bond donors (Lipinski definition) is 1. The number of carboxylic acid groups (broad SMARTS) is 1. The number of aromatic carboxylic acids is 1. The molecule has 2 amide bonds. The molecule has 0 radical (unpaired) electrons. The molecule has 9 heteroatoms. The van der Waals surface area contributed by atoms with E-state index in [1.54, 1.807) is 30.3 Å². The first-order valence-electron chi connectivity index (χ1n) is 8.57.